The monoisotopic (exact) mass is 505 g/mol. The molecule has 184 valence electrons. The number of benzene rings is 1. The highest BCUT2D eigenvalue weighted by Crippen LogP contribution is 2.29. The van der Waals surface area contributed by atoms with Gasteiger partial charge in [-0.25, -0.2) is 14.8 Å². The Morgan fingerprint density at radius 2 is 1.86 bits per heavy atom. The molecule has 1 aliphatic rings. The Bertz CT molecular complexity index is 1400. The number of carbonyl (C=O) groups is 2. The molecular formula is C24H23N7O4S. The summed E-state index contributed by atoms with van der Waals surface area (Å²) in [5, 5.41) is 15.6. The third-order valence-electron chi connectivity index (χ3n) is 5.77. The van der Waals surface area contributed by atoms with Crippen LogP contribution in [0.2, 0.25) is 0 Å². The van der Waals surface area contributed by atoms with Gasteiger partial charge in [-0.2, -0.15) is 4.37 Å². The molecule has 2 amide bonds. The first-order valence-corrected chi connectivity index (χ1v) is 12.1. The number of nitrogens with zero attached hydrogens (tertiary/aromatic N) is 5. The van der Waals surface area contributed by atoms with Gasteiger partial charge in [0.15, 0.2) is 0 Å². The lowest BCUT2D eigenvalue weighted by atomic mass is 10.1. The number of aryl methyl sites for hydroxylation is 1. The van der Waals surface area contributed by atoms with Crippen LogP contribution >= 0.6 is 11.5 Å². The Hall–Kier alpha value is -4.32. The summed E-state index contributed by atoms with van der Waals surface area (Å²) < 4.78 is 10.2. The number of carbonyl (C=O) groups excluding carboxylic acids is 1. The SMILES string of the molecule is Cc1nsc(Nc2cnc3ccccc3n2)c1C(=O)Nc1ccc(OC2CCN(C(=O)O)CC2)nc1. The van der Waals surface area contributed by atoms with Gasteiger partial charge in [0.2, 0.25) is 5.88 Å². The fraction of sp³-hybridized carbons (Fsp3) is 0.250. The molecule has 11 nitrogen and oxygen atoms in total. The predicted octanol–water partition coefficient (Wildman–Crippen LogP) is 4.31. The van der Waals surface area contributed by atoms with Crippen molar-refractivity contribution >= 4 is 51.1 Å². The Labute approximate surface area is 210 Å². The van der Waals surface area contributed by atoms with Crippen LogP contribution in [0.1, 0.15) is 28.9 Å². The fourth-order valence-electron chi connectivity index (χ4n) is 3.91. The summed E-state index contributed by atoms with van der Waals surface area (Å²) in [6, 6.07) is 10.9. The molecule has 1 aliphatic heterocycles. The normalized spacial score (nSPS) is 14.0. The Morgan fingerprint density at radius 1 is 1.08 bits per heavy atom. The summed E-state index contributed by atoms with van der Waals surface area (Å²) in [5.41, 5.74) is 3.05. The van der Waals surface area contributed by atoms with E-state index < -0.39 is 6.09 Å². The Morgan fingerprint density at radius 3 is 2.58 bits per heavy atom. The number of para-hydroxylation sites is 2. The zero-order valence-corrected chi connectivity index (χ0v) is 20.2. The number of aromatic nitrogens is 4. The number of amides is 2. The zero-order chi connectivity index (χ0) is 25.1. The molecule has 0 aliphatic carbocycles. The van der Waals surface area contributed by atoms with Crippen molar-refractivity contribution in [1.29, 1.82) is 0 Å². The minimum absolute atomic E-state index is 0.0973. The number of hydrogen-bond acceptors (Lipinski definition) is 9. The highest BCUT2D eigenvalue weighted by Gasteiger charge is 2.24. The van der Waals surface area contributed by atoms with Crippen LogP contribution in [-0.2, 0) is 0 Å². The van der Waals surface area contributed by atoms with E-state index in [2.05, 4.69) is 30.0 Å². The summed E-state index contributed by atoms with van der Waals surface area (Å²) in [6.07, 6.45) is 3.35. The van der Waals surface area contributed by atoms with Crippen LogP contribution in [0.5, 0.6) is 5.88 Å². The largest absolute Gasteiger partial charge is 0.474 e. The third kappa shape index (κ3) is 5.18. The van der Waals surface area contributed by atoms with E-state index in [0.717, 1.165) is 11.0 Å². The Balaban J connectivity index is 1.23. The second-order valence-corrected chi connectivity index (χ2v) is 9.04. The van der Waals surface area contributed by atoms with E-state index in [1.165, 1.54) is 22.6 Å². The van der Waals surface area contributed by atoms with Gasteiger partial charge < -0.3 is 25.4 Å². The molecule has 0 saturated carbocycles. The second kappa shape index (κ2) is 10.1. The molecule has 0 atom stereocenters. The van der Waals surface area contributed by atoms with Crippen molar-refractivity contribution < 1.29 is 19.4 Å². The first-order valence-electron chi connectivity index (χ1n) is 11.3. The van der Waals surface area contributed by atoms with Gasteiger partial charge in [0.05, 0.1) is 40.4 Å². The number of hydrogen-bond donors (Lipinski definition) is 3. The highest BCUT2D eigenvalue weighted by molar-refractivity contribution is 7.10. The summed E-state index contributed by atoms with van der Waals surface area (Å²) in [6.45, 7) is 2.64. The quantitative estimate of drug-likeness (QED) is 0.349. The van der Waals surface area contributed by atoms with Crippen LogP contribution < -0.4 is 15.4 Å². The lowest BCUT2D eigenvalue weighted by Crippen LogP contribution is -2.41. The molecule has 3 N–H and O–H groups in total. The van der Waals surface area contributed by atoms with Crippen molar-refractivity contribution in [1.82, 2.24) is 24.2 Å². The molecule has 4 aromatic rings. The molecular weight excluding hydrogens is 482 g/mol. The maximum Gasteiger partial charge on any atom is 0.407 e. The van der Waals surface area contributed by atoms with E-state index in [0.29, 0.717) is 59.6 Å². The molecule has 3 aromatic heterocycles. The number of nitrogens with one attached hydrogen (secondary N) is 2. The van der Waals surface area contributed by atoms with E-state index in [1.807, 2.05) is 24.3 Å². The van der Waals surface area contributed by atoms with E-state index in [-0.39, 0.29) is 12.0 Å². The molecule has 0 radical (unpaired) electrons. The summed E-state index contributed by atoms with van der Waals surface area (Å²) >= 11 is 1.17. The van der Waals surface area contributed by atoms with Crippen LogP contribution in [0.4, 0.5) is 21.3 Å². The molecule has 1 aromatic carbocycles. The van der Waals surface area contributed by atoms with Crippen molar-refractivity contribution in [3.63, 3.8) is 0 Å². The number of fused-ring (bicyclic) bond motifs is 1. The lowest BCUT2D eigenvalue weighted by Gasteiger charge is -2.29. The molecule has 12 heteroatoms. The summed E-state index contributed by atoms with van der Waals surface area (Å²) in [7, 11) is 0. The third-order valence-corrected chi connectivity index (χ3v) is 6.63. The lowest BCUT2D eigenvalue weighted by molar-refractivity contribution is 0.0870. The first kappa shape index (κ1) is 23.4. The Kier molecular flexibility index (Phi) is 6.58. The molecule has 4 heterocycles. The molecule has 36 heavy (non-hydrogen) atoms. The average Bonchev–Trinajstić information content (AvgIpc) is 3.25. The van der Waals surface area contributed by atoms with Crippen molar-refractivity contribution in [2.75, 3.05) is 23.7 Å². The smallest absolute Gasteiger partial charge is 0.407 e. The highest BCUT2D eigenvalue weighted by atomic mass is 32.1. The van der Waals surface area contributed by atoms with Crippen molar-refractivity contribution in [3.05, 3.63) is 60.0 Å². The number of carboxylic acid groups (broad SMARTS) is 1. The summed E-state index contributed by atoms with van der Waals surface area (Å²) in [4.78, 5) is 38.7. The first-order chi connectivity index (χ1) is 17.5. The van der Waals surface area contributed by atoms with Crippen molar-refractivity contribution in [2.45, 2.75) is 25.9 Å². The number of ether oxygens (including phenoxy) is 1. The second-order valence-electron chi connectivity index (χ2n) is 8.27. The minimum atomic E-state index is -0.911. The summed E-state index contributed by atoms with van der Waals surface area (Å²) in [5.74, 6) is 0.616. The van der Waals surface area contributed by atoms with Gasteiger partial charge in [-0.15, -0.1) is 0 Å². The molecule has 1 fully saturated rings. The number of likely N-dealkylation sites (tertiary alicyclic amines) is 1. The average molecular weight is 506 g/mol. The van der Waals surface area contributed by atoms with Crippen LogP contribution in [0.15, 0.2) is 48.8 Å². The van der Waals surface area contributed by atoms with Gasteiger partial charge in [-0.1, -0.05) is 12.1 Å². The van der Waals surface area contributed by atoms with Crippen molar-refractivity contribution in [2.24, 2.45) is 0 Å². The fourth-order valence-corrected chi connectivity index (χ4v) is 4.71. The number of rotatable bonds is 6. The predicted molar refractivity (Wildman–Crippen MR) is 135 cm³/mol. The maximum absolute atomic E-state index is 13.1. The van der Waals surface area contributed by atoms with E-state index in [9.17, 15) is 9.59 Å². The van der Waals surface area contributed by atoms with Crippen LogP contribution in [-0.4, -0.2) is 60.5 Å². The van der Waals surface area contributed by atoms with Gasteiger partial charge in [0, 0.05) is 32.0 Å². The van der Waals surface area contributed by atoms with Crippen LogP contribution in [0.3, 0.4) is 0 Å². The zero-order valence-electron chi connectivity index (χ0n) is 19.3. The number of anilines is 3. The van der Waals surface area contributed by atoms with Gasteiger partial charge in [-0.05, 0) is 36.7 Å². The number of pyridine rings is 1. The van der Waals surface area contributed by atoms with Gasteiger partial charge in [0.25, 0.3) is 5.91 Å². The minimum Gasteiger partial charge on any atom is -0.474 e. The van der Waals surface area contributed by atoms with Gasteiger partial charge in [-0.3, -0.25) is 9.78 Å². The van der Waals surface area contributed by atoms with Crippen LogP contribution in [0.25, 0.3) is 11.0 Å². The molecule has 0 unspecified atom stereocenters. The molecule has 1 saturated heterocycles. The topological polar surface area (TPSA) is 142 Å². The van der Waals surface area contributed by atoms with Crippen molar-refractivity contribution in [3.8, 4) is 5.88 Å². The van der Waals surface area contributed by atoms with Gasteiger partial charge >= 0.3 is 6.09 Å². The van der Waals surface area contributed by atoms with Gasteiger partial charge in [0.1, 0.15) is 16.9 Å². The molecule has 5 rings (SSSR count). The van der Waals surface area contributed by atoms with E-state index >= 15 is 0 Å². The maximum atomic E-state index is 13.1. The standard InChI is InChI=1S/C24H23N7O4S/c1-14-21(23(36-30-14)29-19-13-25-17-4-2-3-5-18(17)28-19)22(32)27-15-6-7-20(26-12-15)35-16-8-10-31(11-9-16)24(33)34/h2-7,12-13,16H,8-11H2,1H3,(H,27,32)(H,28,29)(H,33,34). The number of piperidine rings is 1. The van der Waals surface area contributed by atoms with E-state index in [1.54, 1.807) is 25.3 Å². The van der Waals surface area contributed by atoms with Crippen LogP contribution in [0, 0.1) is 6.92 Å². The van der Waals surface area contributed by atoms with E-state index in [4.69, 9.17) is 9.84 Å². The molecule has 0 bridgehead atoms. The molecule has 0 spiro atoms.